The van der Waals surface area contributed by atoms with E-state index in [0.717, 1.165) is 6.54 Å². The lowest BCUT2D eigenvalue weighted by Gasteiger charge is -2.37. The van der Waals surface area contributed by atoms with E-state index in [-0.39, 0.29) is 0 Å². The average molecular weight is 230 g/mol. The van der Waals surface area contributed by atoms with Crippen LogP contribution in [0.5, 0.6) is 0 Å². The maximum Gasteiger partial charge on any atom is 0.0425 e. The van der Waals surface area contributed by atoms with Gasteiger partial charge in [-0.25, -0.2) is 0 Å². The summed E-state index contributed by atoms with van der Waals surface area (Å²) in [5.74, 6) is 2.61. The highest BCUT2D eigenvalue weighted by Gasteiger charge is 2.36. The van der Waals surface area contributed by atoms with E-state index >= 15 is 0 Å². The lowest BCUT2D eigenvalue weighted by Crippen LogP contribution is -2.53. The van der Waals surface area contributed by atoms with Gasteiger partial charge < -0.3 is 10.2 Å². The van der Waals surface area contributed by atoms with E-state index in [4.69, 9.17) is 0 Å². The molecule has 1 fully saturated rings. The van der Waals surface area contributed by atoms with Gasteiger partial charge in [0.15, 0.2) is 0 Å². The van der Waals surface area contributed by atoms with E-state index in [2.05, 4.69) is 49.9 Å². The molecule has 1 saturated heterocycles. The van der Waals surface area contributed by atoms with Gasteiger partial charge in [0, 0.05) is 23.9 Å². The van der Waals surface area contributed by atoms with Crippen LogP contribution in [0.1, 0.15) is 33.1 Å². The molecule has 0 radical (unpaired) electrons. The molecule has 1 heterocycles. The van der Waals surface area contributed by atoms with Crippen LogP contribution in [-0.2, 0) is 0 Å². The largest absolute Gasteiger partial charge is 0.312 e. The standard InChI is InChI=1S/C12H26N2S/c1-5-6-11(2)13-9-12(14(3)4)7-8-15-10-12/h11,13H,5-10H2,1-4H3. The van der Waals surface area contributed by atoms with Crippen LogP contribution < -0.4 is 5.32 Å². The SMILES string of the molecule is CCCC(C)NCC1(N(C)C)CCSC1. The zero-order valence-electron chi connectivity index (χ0n) is 10.7. The van der Waals surface area contributed by atoms with E-state index in [1.807, 2.05) is 0 Å². The summed E-state index contributed by atoms with van der Waals surface area (Å²) in [7, 11) is 4.44. The van der Waals surface area contributed by atoms with Crippen molar-refractivity contribution in [2.24, 2.45) is 0 Å². The number of hydrogen-bond acceptors (Lipinski definition) is 3. The van der Waals surface area contributed by atoms with Crippen molar-refractivity contribution in [3.05, 3.63) is 0 Å². The molecule has 0 aromatic rings. The minimum Gasteiger partial charge on any atom is -0.312 e. The molecule has 3 heteroatoms. The third-order valence-electron chi connectivity index (χ3n) is 3.53. The zero-order valence-corrected chi connectivity index (χ0v) is 11.5. The Balaban J connectivity index is 2.39. The van der Waals surface area contributed by atoms with Crippen molar-refractivity contribution in [3.8, 4) is 0 Å². The second-order valence-corrected chi connectivity index (χ2v) is 6.10. The van der Waals surface area contributed by atoms with E-state index in [1.54, 1.807) is 0 Å². The monoisotopic (exact) mass is 230 g/mol. The normalized spacial score (nSPS) is 28.6. The maximum absolute atomic E-state index is 3.69. The van der Waals surface area contributed by atoms with Crippen LogP contribution in [0.25, 0.3) is 0 Å². The van der Waals surface area contributed by atoms with Crippen LogP contribution in [0.2, 0.25) is 0 Å². The molecule has 15 heavy (non-hydrogen) atoms. The third-order valence-corrected chi connectivity index (χ3v) is 4.77. The second kappa shape index (κ2) is 6.12. The summed E-state index contributed by atoms with van der Waals surface area (Å²) in [6, 6.07) is 0.664. The van der Waals surface area contributed by atoms with Crippen molar-refractivity contribution < 1.29 is 0 Å². The highest BCUT2D eigenvalue weighted by Crippen LogP contribution is 2.31. The fourth-order valence-corrected chi connectivity index (χ4v) is 3.70. The van der Waals surface area contributed by atoms with Gasteiger partial charge in [0.05, 0.1) is 0 Å². The van der Waals surface area contributed by atoms with Gasteiger partial charge in [-0.05, 0) is 39.6 Å². The van der Waals surface area contributed by atoms with Crippen molar-refractivity contribution >= 4 is 11.8 Å². The van der Waals surface area contributed by atoms with E-state index in [1.165, 1.54) is 30.8 Å². The van der Waals surface area contributed by atoms with Crippen molar-refractivity contribution in [2.45, 2.75) is 44.7 Å². The molecule has 1 rings (SSSR count). The van der Waals surface area contributed by atoms with Crippen LogP contribution >= 0.6 is 11.8 Å². The van der Waals surface area contributed by atoms with Gasteiger partial charge in [-0.2, -0.15) is 11.8 Å². The molecule has 0 saturated carbocycles. The predicted octanol–water partition coefficient (Wildman–Crippen LogP) is 2.20. The molecule has 1 aliphatic heterocycles. The number of hydrogen-bond donors (Lipinski definition) is 1. The van der Waals surface area contributed by atoms with E-state index in [0.29, 0.717) is 11.6 Å². The van der Waals surface area contributed by atoms with Gasteiger partial charge in [-0.15, -0.1) is 0 Å². The van der Waals surface area contributed by atoms with Crippen LogP contribution in [0.3, 0.4) is 0 Å². The third kappa shape index (κ3) is 3.65. The number of nitrogens with one attached hydrogen (secondary N) is 1. The fraction of sp³-hybridized carbons (Fsp3) is 1.00. The number of nitrogens with zero attached hydrogens (tertiary/aromatic N) is 1. The van der Waals surface area contributed by atoms with Crippen LogP contribution in [0.15, 0.2) is 0 Å². The van der Waals surface area contributed by atoms with Gasteiger partial charge in [0.1, 0.15) is 0 Å². The van der Waals surface area contributed by atoms with Gasteiger partial charge in [-0.3, -0.25) is 0 Å². The average Bonchev–Trinajstić information content (AvgIpc) is 2.65. The Labute approximate surface area is 99.2 Å². The van der Waals surface area contributed by atoms with Gasteiger partial charge >= 0.3 is 0 Å². The summed E-state index contributed by atoms with van der Waals surface area (Å²) in [6.45, 7) is 5.70. The van der Waals surface area contributed by atoms with Crippen LogP contribution in [0.4, 0.5) is 0 Å². The topological polar surface area (TPSA) is 15.3 Å². The first-order valence-electron chi connectivity index (χ1n) is 6.09. The number of likely N-dealkylation sites (N-methyl/N-ethyl adjacent to an activating group) is 1. The molecular weight excluding hydrogens is 204 g/mol. The zero-order chi connectivity index (χ0) is 11.3. The summed E-state index contributed by atoms with van der Waals surface area (Å²) in [4.78, 5) is 2.42. The molecule has 0 aromatic carbocycles. The Morgan fingerprint density at radius 3 is 2.67 bits per heavy atom. The summed E-state index contributed by atoms with van der Waals surface area (Å²) in [6.07, 6.45) is 3.89. The Hall–Kier alpha value is 0.270. The van der Waals surface area contributed by atoms with Crippen molar-refractivity contribution in [1.29, 1.82) is 0 Å². The summed E-state index contributed by atoms with van der Waals surface area (Å²) in [5, 5.41) is 3.69. The first-order chi connectivity index (χ1) is 7.10. The van der Waals surface area contributed by atoms with Crippen LogP contribution in [-0.4, -0.2) is 48.6 Å². The Morgan fingerprint density at radius 1 is 1.47 bits per heavy atom. The summed E-state index contributed by atoms with van der Waals surface area (Å²) in [5.41, 5.74) is 0.409. The molecule has 0 aromatic heterocycles. The minimum absolute atomic E-state index is 0.409. The highest BCUT2D eigenvalue weighted by atomic mass is 32.2. The molecular formula is C12H26N2S. The molecule has 2 nitrogen and oxygen atoms in total. The van der Waals surface area contributed by atoms with Crippen molar-refractivity contribution in [1.82, 2.24) is 10.2 Å². The Bertz CT molecular complexity index is 176. The molecule has 1 aliphatic rings. The first kappa shape index (κ1) is 13.3. The van der Waals surface area contributed by atoms with Gasteiger partial charge in [0.2, 0.25) is 0 Å². The highest BCUT2D eigenvalue weighted by molar-refractivity contribution is 7.99. The quantitative estimate of drug-likeness (QED) is 0.753. The van der Waals surface area contributed by atoms with E-state index < -0.39 is 0 Å². The molecule has 2 atom stereocenters. The van der Waals surface area contributed by atoms with Gasteiger partial charge in [0.25, 0.3) is 0 Å². The molecule has 0 spiro atoms. The number of rotatable bonds is 6. The van der Waals surface area contributed by atoms with Gasteiger partial charge in [-0.1, -0.05) is 13.3 Å². The Morgan fingerprint density at radius 2 is 2.20 bits per heavy atom. The first-order valence-corrected chi connectivity index (χ1v) is 7.25. The Kier molecular flexibility index (Phi) is 5.44. The maximum atomic E-state index is 3.69. The molecule has 90 valence electrons. The minimum atomic E-state index is 0.409. The molecule has 0 bridgehead atoms. The molecule has 1 N–H and O–H groups in total. The lowest BCUT2D eigenvalue weighted by atomic mass is 9.97. The van der Waals surface area contributed by atoms with Crippen LogP contribution in [0, 0.1) is 0 Å². The smallest absolute Gasteiger partial charge is 0.0425 e. The fourth-order valence-electron chi connectivity index (χ4n) is 2.15. The molecule has 0 amide bonds. The lowest BCUT2D eigenvalue weighted by molar-refractivity contribution is 0.170. The van der Waals surface area contributed by atoms with Crippen molar-refractivity contribution in [2.75, 3.05) is 32.1 Å². The molecule has 2 unspecified atom stereocenters. The van der Waals surface area contributed by atoms with E-state index in [9.17, 15) is 0 Å². The summed E-state index contributed by atoms with van der Waals surface area (Å²) < 4.78 is 0. The predicted molar refractivity (Wildman–Crippen MR) is 70.7 cm³/mol. The van der Waals surface area contributed by atoms with Crippen molar-refractivity contribution in [3.63, 3.8) is 0 Å². The number of thioether (sulfide) groups is 1. The molecule has 0 aliphatic carbocycles. The second-order valence-electron chi connectivity index (χ2n) is 4.99. The summed E-state index contributed by atoms with van der Waals surface area (Å²) >= 11 is 2.09.